The Kier molecular flexibility index (Phi) is 3.47. The molecular formula is C15H18FN. The molecule has 1 aromatic rings. The molecule has 1 aromatic carbocycles. The van der Waals surface area contributed by atoms with Crippen molar-refractivity contribution in [1.29, 1.82) is 5.26 Å². The van der Waals surface area contributed by atoms with E-state index in [9.17, 15) is 9.65 Å². The van der Waals surface area contributed by atoms with Gasteiger partial charge in [0.1, 0.15) is 5.82 Å². The molecule has 0 amide bonds. The zero-order valence-electron chi connectivity index (χ0n) is 10.3. The highest BCUT2D eigenvalue weighted by atomic mass is 19.1. The van der Waals surface area contributed by atoms with Crippen molar-refractivity contribution >= 4 is 0 Å². The lowest BCUT2D eigenvalue weighted by Gasteiger charge is -2.31. The molecule has 17 heavy (non-hydrogen) atoms. The summed E-state index contributed by atoms with van der Waals surface area (Å²) in [6.45, 7) is 1.92. The summed E-state index contributed by atoms with van der Waals surface area (Å²) in [5, 5.41) is 9.42. The van der Waals surface area contributed by atoms with Gasteiger partial charge in [0.05, 0.1) is 11.5 Å². The molecule has 0 unspecified atom stereocenters. The van der Waals surface area contributed by atoms with E-state index in [2.05, 4.69) is 6.07 Å². The van der Waals surface area contributed by atoms with Gasteiger partial charge in [-0.3, -0.25) is 0 Å². The lowest BCUT2D eigenvalue weighted by molar-refractivity contribution is 0.265. The van der Waals surface area contributed by atoms with E-state index in [-0.39, 0.29) is 11.2 Å². The number of halogens is 1. The summed E-state index contributed by atoms with van der Waals surface area (Å²) in [4.78, 5) is 0. The van der Waals surface area contributed by atoms with Gasteiger partial charge in [-0.2, -0.15) is 5.26 Å². The summed E-state index contributed by atoms with van der Waals surface area (Å²) in [5.41, 5.74) is 1.88. The topological polar surface area (TPSA) is 23.8 Å². The predicted octanol–water partition coefficient (Wildman–Crippen LogP) is 4.15. The Morgan fingerprint density at radius 2 is 2.00 bits per heavy atom. The SMILES string of the molecule is Cc1cc(F)ccc1CC1(C#N)CCCCC1. The highest BCUT2D eigenvalue weighted by molar-refractivity contribution is 5.29. The van der Waals surface area contributed by atoms with Crippen molar-refractivity contribution in [3.8, 4) is 6.07 Å². The van der Waals surface area contributed by atoms with Crippen molar-refractivity contribution in [2.24, 2.45) is 5.41 Å². The standard InChI is InChI=1S/C15H18FN/c1-12-9-14(16)6-5-13(12)10-15(11-17)7-3-2-4-8-15/h5-6,9H,2-4,7-8,10H2,1H3. The minimum Gasteiger partial charge on any atom is -0.207 e. The molecule has 0 spiro atoms. The molecular weight excluding hydrogens is 213 g/mol. The van der Waals surface area contributed by atoms with E-state index in [0.29, 0.717) is 0 Å². The van der Waals surface area contributed by atoms with E-state index in [1.807, 2.05) is 13.0 Å². The fraction of sp³-hybridized carbons (Fsp3) is 0.533. The van der Waals surface area contributed by atoms with Gasteiger partial charge in [0.2, 0.25) is 0 Å². The van der Waals surface area contributed by atoms with Crippen molar-refractivity contribution < 1.29 is 4.39 Å². The Labute approximate surface area is 102 Å². The lowest BCUT2D eigenvalue weighted by Crippen LogP contribution is -2.25. The number of nitriles is 1. The van der Waals surface area contributed by atoms with Crippen LogP contribution in [0.5, 0.6) is 0 Å². The summed E-state index contributed by atoms with van der Waals surface area (Å²) in [5.74, 6) is -0.194. The zero-order chi connectivity index (χ0) is 12.3. The van der Waals surface area contributed by atoms with E-state index < -0.39 is 0 Å². The fourth-order valence-corrected chi connectivity index (χ4v) is 2.78. The summed E-state index contributed by atoms with van der Waals surface area (Å²) < 4.78 is 13.0. The van der Waals surface area contributed by atoms with Crippen LogP contribution in [-0.2, 0) is 6.42 Å². The maximum absolute atomic E-state index is 13.0. The third-order valence-electron chi connectivity index (χ3n) is 3.88. The van der Waals surface area contributed by atoms with Gasteiger partial charge >= 0.3 is 0 Å². The van der Waals surface area contributed by atoms with Gasteiger partial charge in [0.25, 0.3) is 0 Å². The molecule has 0 aromatic heterocycles. The van der Waals surface area contributed by atoms with E-state index in [0.717, 1.165) is 43.2 Å². The van der Waals surface area contributed by atoms with E-state index in [4.69, 9.17) is 0 Å². The monoisotopic (exact) mass is 231 g/mol. The smallest absolute Gasteiger partial charge is 0.123 e. The quantitative estimate of drug-likeness (QED) is 0.750. The first-order valence-electron chi connectivity index (χ1n) is 6.31. The summed E-state index contributed by atoms with van der Waals surface area (Å²) in [7, 11) is 0. The molecule has 1 aliphatic carbocycles. The van der Waals surface area contributed by atoms with Crippen molar-refractivity contribution in [2.45, 2.75) is 45.4 Å². The Balaban J connectivity index is 2.21. The van der Waals surface area contributed by atoms with E-state index in [1.54, 1.807) is 6.07 Å². The van der Waals surface area contributed by atoms with Crippen LogP contribution in [0, 0.1) is 29.5 Å². The van der Waals surface area contributed by atoms with Crippen LogP contribution in [0.1, 0.15) is 43.2 Å². The van der Waals surface area contributed by atoms with Crippen LogP contribution < -0.4 is 0 Å². The third-order valence-corrected chi connectivity index (χ3v) is 3.88. The first kappa shape index (κ1) is 12.1. The number of rotatable bonds is 2. The molecule has 0 atom stereocenters. The predicted molar refractivity (Wildman–Crippen MR) is 66.0 cm³/mol. The molecule has 0 radical (unpaired) electrons. The summed E-state index contributed by atoms with van der Waals surface area (Å²) in [6.07, 6.45) is 6.28. The average Bonchev–Trinajstić information content (AvgIpc) is 2.34. The zero-order valence-corrected chi connectivity index (χ0v) is 10.3. The highest BCUT2D eigenvalue weighted by Gasteiger charge is 2.32. The van der Waals surface area contributed by atoms with Crippen LogP contribution in [0.2, 0.25) is 0 Å². The molecule has 0 N–H and O–H groups in total. The Morgan fingerprint density at radius 3 is 2.59 bits per heavy atom. The number of nitrogens with zero attached hydrogens (tertiary/aromatic N) is 1. The van der Waals surface area contributed by atoms with Gasteiger partial charge in [-0.05, 0) is 49.4 Å². The van der Waals surface area contributed by atoms with Crippen molar-refractivity contribution in [1.82, 2.24) is 0 Å². The van der Waals surface area contributed by atoms with Gasteiger partial charge in [-0.1, -0.05) is 25.3 Å². The van der Waals surface area contributed by atoms with Gasteiger partial charge in [-0.25, -0.2) is 4.39 Å². The summed E-state index contributed by atoms with van der Waals surface area (Å²) >= 11 is 0. The fourth-order valence-electron chi connectivity index (χ4n) is 2.78. The molecule has 90 valence electrons. The molecule has 0 bridgehead atoms. The first-order valence-corrected chi connectivity index (χ1v) is 6.31. The molecule has 0 aliphatic heterocycles. The van der Waals surface area contributed by atoms with Crippen LogP contribution in [0.25, 0.3) is 0 Å². The van der Waals surface area contributed by atoms with Crippen LogP contribution in [0.15, 0.2) is 18.2 Å². The number of hydrogen-bond donors (Lipinski definition) is 0. The minimum absolute atomic E-state index is 0.194. The maximum Gasteiger partial charge on any atom is 0.123 e. The van der Waals surface area contributed by atoms with Crippen molar-refractivity contribution in [3.63, 3.8) is 0 Å². The van der Waals surface area contributed by atoms with Crippen LogP contribution in [-0.4, -0.2) is 0 Å². The molecule has 0 saturated heterocycles. The molecule has 1 aliphatic rings. The van der Waals surface area contributed by atoms with Crippen LogP contribution in [0.3, 0.4) is 0 Å². The lowest BCUT2D eigenvalue weighted by atomic mass is 9.71. The molecule has 2 rings (SSSR count). The van der Waals surface area contributed by atoms with E-state index >= 15 is 0 Å². The van der Waals surface area contributed by atoms with Gasteiger partial charge in [0.15, 0.2) is 0 Å². The second kappa shape index (κ2) is 4.87. The Hall–Kier alpha value is -1.36. The molecule has 1 nitrogen and oxygen atoms in total. The van der Waals surface area contributed by atoms with Gasteiger partial charge in [-0.15, -0.1) is 0 Å². The van der Waals surface area contributed by atoms with E-state index in [1.165, 1.54) is 12.5 Å². The van der Waals surface area contributed by atoms with Crippen LogP contribution in [0.4, 0.5) is 4.39 Å². The molecule has 2 heteroatoms. The maximum atomic E-state index is 13.0. The number of benzene rings is 1. The average molecular weight is 231 g/mol. The number of hydrogen-bond acceptors (Lipinski definition) is 1. The van der Waals surface area contributed by atoms with Crippen molar-refractivity contribution in [3.05, 3.63) is 35.1 Å². The second-order valence-electron chi connectivity index (χ2n) is 5.20. The largest absolute Gasteiger partial charge is 0.207 e. The van der Waals surface area contributed by atoms with Gasteiger partial charge in [0, 0.05) is 0 Å². The first-order chi connectivity index (χ1) is 8.15. The summed E-state index contributed by atoms with van der Waals surface area (Å²) in [6, 6.07) is 7.40. The van der Waals surface area contributed by atoms with Crippen LogP contribution >= 0.6 is 0 Å². The minimum atomic E-state index is -0.208. The Morgan fingerprint density at radius 1 is 1.29 bits per heavy atom. The number of aryl methyl sites for hydroxylation is 1. The second-order valence-corrected chi connectivity index (χ2v) is 5.20. The van der Waals surface area contributed by atoms with Crippen molar-refractivity contribution in [2.75, 3.05) is 0 Å². The Bertz CT molecular complexity index is 439. The third kappa shape index (κ3) is 2.66. The molecule has 1 saturated carbocycles. The molecule has 1 fully saturated rings. The highest BCUT2D eigenvalue weighted by Crippen LogP contribution is 2.39. The normalized spacial score (nSPS) is 18.6. The van der Waals surface area contributed by atoms with Gasteiger partial charge < -0.3 is 0 Å². The molecule has 0 heterocycles.